The second kappa shape index (κ2) is 4.34. The number of aromatic amines is 1. The van der Waals surface area contributed by atoms with E-state index in [1.807, 2.05) is 6.07 Å². The molecular formula is C14H16N2O. The van der Waals surface area contributed by atoms with Gasteiger partial charge in [0.05, 0.1) is 0 Å². The quantitative estimate of drug-likeness (QED) is 0.784. The first-order chi connectivity index (χ1) is 8.33. The number of nitrogens with one attached hydrogen (secondary N) is 2. The molecule has 1 aromatic heterocycles. The standard InChI is InChI=1S/C14H16N2O/c17-14-4-3-11-1-2-12(9-13(11)16-14)10-5-7-15-8-6-10/h1-4,9-10,15H,5-8H2,(H,16,17). The highest BCUT2D eigenvalue weighted by molar-refractivity contribution is 5.78. The van der Waals surface area contributed by atoms with Crippen molar-refractivity contribution >= 4 is 10.9 Å². The Bertz CT molecular complexity index is 582. The zero-order chi connectivity index (χ0) is 11.7. The number of piperidine rings is 1. The smallest absolute Gasteiger partial charge is 0.248 e. The number of hydrogen-bond acceptors (Lipinski definition) is 2. The molecule has 0 radical (unpaired) electrons. The SMILES string of the molecule is O=c1ccc2ccc(C3CCNCC3)cc2[nH]1. The highest BCUT2D eigenvalue weighted by Crippen LogP contribution is 2.26. The molecule has 0 aliphatic carbocycles. The van der Waals surface area contributed by atoms with Crippen molar-refractivity contribution in [2.45, 2.75) is 18.8 Å². The molecule has 3 heteroatoms. The van der Waals surface area contributed by atoms with Crippen LogP contribution in [0.25, 0.3) is 10.9 Å². The van der Waals surface area contributed by atoms with Crippen molar-refractivity contribution in [1.82, 2.24) is 10.3 Å². The lowest BCUT2D eigenvalue weighted by Gasteiger charge is -2.23. The van der Waals surface area contributed by atoms with E-state index in [2.05, 4.69) is 28.5 Å². The summed E-state index contributed by atoms with van der Waals surface area (Å²) in [6.07, 6.45) is 2.37. The Morgan fingerprint density at radius 3 is 2.65 bits per heavy atom. The number of H-pyrrole nitrogens is 1. The van der Waals surface area contributed by atoms with Crippen molar-refractivity contribution in [3.63, 3.8) is 0 Å². The molecule has 2 N–H and O–H groups in total. The second-order valence-electron chi connectivity index (χ2n) is 4.69. The van der Waals surface area contributed by atoms with Crippen LogP contribution in [0.15, 0.2) is 35.1 Å². The Morgan fingerprint density at radius 1 is 1.06 bits per heavy atom. The Balaban J connectivity index is 2.02. The highest BCUT2D eigenvalue weighted by Gasteiger charge is 2.15. The number of rotatable bonds is 1. The normalized spacial score (nSPS) is 17.4. The van der Waals surface area contributed by atoms with Crippen molar-refractivity contribution in [3.05, 3.63) is 46.2 Å². The third kappa shape index (κ3) is 2.11. The first kappa shape index (κ1) is 10.5. The zero-order valence-electron chi connectivity index (χ0n) is 9.70. The molecular weight excluding hydrogens is 212 g/mol. The van der Waals surface area contributed by atoms with Crippen molar-refractivity contribution < 1.29 is 0 Å². The minimum Gasteiger partial charge on any atom is -0.322 e. The maximum Gasteiger partial charge on any atom is 0.248 e. The lowest BCUT2D eigenvalue weighted by Crippen LogP contribution is -2.26. The molecule has 88 valence electrons. The van der Waals surface area contributed by atoms with Gasteiger partial charge in [-0.15, -0.1) is 0 Å². The molecule has 0 amide bonds. The average molecular weight is 228 g/mol. The predicted molar refractivity (Wildman–Crippen MR) is 69.4 cm³/mol. The van der Waals surface area contributed by atoms with E-state index in [0.717, 1.165) is 24.0 Å². The molecule has 1 aromatic carbocycles. The molecule has 1 fully saturated rings. The summed E-state index contributed by atoms with van der Waals surface area (Å²) in [7, 11) is 0. The molecule has 2 aromatic rings. The number of benzene rings is 1. The summed E-state index contributed by atoms with van der Waals surface area (Å²) >= 11 is 0. The molecule has 0 saturated carbocycles. The second-order valence-corrected chi connectivity index (χ2v) is 4.69. The molecule has 1 aliphatic rings. The van der Waals surface area contributed by atoms with Gasteiger partial charge in [-0.1, -0.05) is 12.1 Å². The van der Waals surface area contributed by atoms with Crippen molar-refractivity contribution in [3.8, 4) is 0 Å². The molecule has 0 bridgehead atoms. The van der Waals surface area contributed by atoms with Gasteiger partial charge in [0, 0.05) is 11.6 Å². The third-order valence-electron chi connectivity index (χ3n) is 3.56. The van der Waals surface area contributed by atoms with E-state index in [1.165, 1.54) is 18.4 Å². The van der Waals surface area contributed by atoms with E-state index < -0.39 is 0 Å². The van der Waals surface area contributed by atoms with Gasteiger partial charge >= 0.3 is 0 Å². The first-order valence-electron chi connectivity index (χ1n) is 6.17. The Morgan fingerprint density at radius 2 is 1.82 bits per heavy atom. The summed E-state index contributed by atoms with van der Waals surface area (Å²) in [5.41, 5.74) is 2.27. The monoisotopic (exact) mass is 228 g/mol. The van der Waals surface area contributed by atoms with Crippen molar-refractivity contribution in [2.24, 2.45) is 0 Å². The molecule has 17 heavy (non-hydrogen) atoms. The van der Waals surface area contributed by atoms with Crippen molar-refractivity contribution in [1.29, 1.82) is 0 Å². The number of hydrogen-bond donors (Lipinski definition) is 2. The van der Waals surface area contributed by atoms with Gasteiger partial charge in [0.25, 0.3) is 0 Å². The van der Waals surface area contributed by atoms with Gasteiger partial charge in [-0.3, -0.25) is 4.79 Å². The van der Waals surface area contributed by atoms with Crippen LogP contribution in [0.3, 0.4) is 0 Å². The molecule has 0 spiro atoms. The molecule has 0 atom stereocenters. The fourth-order valence-corrected chi connectivity index (χ4v) is 2.58. The van der Waals surface area contributed by atoms with E-state index in [-0.39, 0.29) is 5.56 Å². The first-order valence-corrected chi connectivity index (χ1v) is 6.17. The van der Waals surface area contributed by atoms with E-state index in [9.17, 15) is 4.79 Å². The van der Waals surface area contributed by atoms with E-state index in [1.54, 1.807) is 6.07 Å². The van der Waals surface area contributed by atoms with Gasteiger partial charge in [0.2, 0.25) is 5.56 Å². The predicted octanol–water partition coefficient (Wildman–Crippen LogP) is 2.00. The Hall–Kier alpha value is -1.61. The molecule has 2 heterocycles. The van der Waals surface area contributed by atoms with Crippen LogP contribution in [0.5, 0.6) is 0 Å². The molecule has 1 saturated heterocycles. The maximum absolute atomic E-state index is 11.3. The van der Waals surface area contributed by atoms with Gasteiger partial charge in [-0.2, -0.15) is 0 Å². The average Bonchev–Trinajstić information content (AvgIpc) is 2.39. The molecule has 1 aliphatic heterocycles. The van der Waals surface area contributed by atoms with E-state index in [4.69, 9.17) is 0 Å². The van der Waals surface area contributed by atoms with E-state index >= 15 is 0 Å². The van der Waals surface area contributed by atoms with Crippen LogP contribution in [0.2, 0.25) is 0 Å². The van der Waals surface area contributed by atoms with Crippen LogP contribution in [0.1, 0.15) is 24.3 Å². The summed E-state index contributed by atoms with van der Waals surface area (Å²) in [5, 5.41) is 4.47. The van der Waals surface area contributed by atoms with Crippen LogP contribution < -0.4 is 10.9 Å². The summed E-state index contributed by atoms with van der Waals surface area (Å²) in [4.78, 5) is 14.2. The minimum absolute atomic E-state index is 0.0278. The summed E-state index contributed by atoms with van der Waals surface area (Å²) < 4.78 is 0. The van der Waals surface area contributed by atoms with Crippen LogP contribution in [-0.2, 0) is 0 Å². The minimum atomic E-state index is -0.0278. The third-order valence-corrected chi connectivity index (χ3v) is 3.56. The van der Waals surface area contributed by atoms with Gasteiger partial charge in [-0.05, 0) is 54.9 Å². The van der Waals surface area contributed by atoms with Gasteiger partial charge in [0.15, 0.2) is 0 Å². The van der Waals surface area contributed by atoms with Gasteiger partial charge in [-0.25, -0.2) is 0 Å². The van der Waals surface area contributed by atoms with E-state index in [0.29, 0.717) is 5.92 Å². The van der Waals surface area contributed by atoms with Gasteiger partial charge in [0.1, 0.15) is 0 Å². The van der Waals surface area contributed by atoms with Crippen LogP contribution in [-0.4, -0.2) is 18.1 Å². The Kier molecular flexibility index (Phi) is 2.69. The zero-order valence-corrected chi connectivity index (χ0v) is 9.70. The number of pyridine rings is 1. The maximum atomic E-state index is 11.3. The largest absolute Gasteiger partial charge is 0.322 e. The van der Waals surface area contributed by atoms with Crippen molar-refractivity contribution in [2.75, 3.05) is 13.1 Å². The fourth-order valence-electron chi connectivity index (χ4n) is 2.58. The molecule has 3 rings (SSSR count). The highest BCUT2D eigenvalue weighted by atomic mass is 16.1. The summed E-state index contributed by atoms with van der Waals surface area (Å²) in [6, 6.07) is 9.87. The number of fused-ring (bicyclic) bond motifs is 1. The fraction of sp³-hybridized carbons (Fsp3) is 0.357. The molecule has 3 nitrogen and oxygen atoms in total. The Labute approximate surface area is 99.9 Å². The lowest BCUT2D eigenvalue weighted by atomic mass is 9.90. The summed E-state index contributed by atoms with van der Waals surface area (Å²) in [5.74, 6) is 0.629. The van der Waals surface area contributed by atoms with Crippen LogP contribution >= 0.6 is 0 Å². The van der Waals surface area contributed by atoms with Crippen LogP contribution in [0.4, 0.5) is 0 Å². The number of aromatic nitrogens is 1. The molecule has 0 unspecified atom stereocenters. The van der Waals surface area contributed by atoms with Gasteiger partial charge < -0.3 is 10.3 Å². The summed E-state index contributed by atoms with van der Waals surface area (Å²) in [6.45, 7) is 2.18. The lowest BCUT2D eigenvalue weighted by molar-refractivity contribution is 0.460. The van der Waals surface area contributed by atoms with Crippen LogP contribution in [0, 0.1) is 0 Å². The topological polar surface area (TPSA) is 44.9 Å².